The maximum Gasteiger partial charge on any atom is 0.143 e. The van der Waals surface area contributed by atoms with Crippen molar-refractivity contribution in [3.05, 3.63) is 46.1 Å². The van der Waals surface area contributed by atoms with Crippen molar-refractivity contribution in [1.82, 2.24) is 9.78 Å². The Hall–Kier alpha value is -1.80. The molecule has 0 fully saturated rings. The topological polar surface area (TPSA) is 53.6 Å². The third-order valence-corrected chi connectivity index (χ3v) is 3.70. The summed E-state index contributed by atoms with van der Waals surface area (Å²) in [5.41, 5.74) is 1.82. The maximum atomic E-state index is 9.03. The largest absolute Gasteiger partial charge is 0.369 e. The van der Waals surface area contributed by atoms with Gasteiger partial charge in [0.15, 0.2) is 0 Å². The Bertz CT molecular complexity index is 609. The van der Waals surface area contributed by atoms with Gasteiger partial charge in [-0.05, 0) is 24.1 Å². The maximum absolute atomic E-state index is 9.03. The van der Waals surface area contributed by atoms with Crippen molar-refractivity contribution in [2.24, 2.45) is 0 Å². The van der Waals surface area contributed by atoms with E-state index in [1.54, 1.807) is 6.20 Å². The Balaban J connectivity index is 2.04. The lowest BCUT2D eigenvalue weighted by molar-refractivity contribution is 0.482. The van der Waals surface area contributed by atoms with Gasteiger partial charge < -0.3 is 5.32 Å². The van der Waals surface area contributed by atoms with E-state index in [0.29, 0.717) is 5.56 Å². The molecular weight excluding hydrogens is 292 g/mol. The summed E-state index contributed by atoms with van der Waals surface area (Å²) in [5, 5.41) is 16.6. The Kier molecular flexibility index (Phi) is 2.80. The van der Waals surface area contributed by atoms with E-state index in [9.17, 15) is 0 Å². The van der Waals surface area contributed by atoms with Crippen LogP contribution in [-0.2, 0) is 0 Å². The highest BCUT2D eigenvalue weighted by Crippen LogP contribution is 2.31. The van der Waals surface area contributed by atoms with Crippen LogP contribution in [0.25, 0.3) is 0 Å². The molecular formula is C13H11BrN4. The van der Waals surface area contributed by atoms with Crippen LogP contribution in [0.15, 0.2) is 34.9 Å². The zero-order valence-corrected chi connectivity index (χ0v) is 11.2. The Labute approximate surface area is 113 Å². The van der Waals surface area contributed by atoms with Gasteiger partial charge in [0, 0.05) is 11.0 Å². The summed E-state index contributed by atoms with van der Waals surface area (Å²) in [6.45, 7) is 0.862. The van der Waals surface area contributed by atoms with Gasteiger partial charge in [-0.25, -0.2) is 4.68 Å². The van der Waals surface area contributed by atoms with Crippen LogP contribution in [0.2, 0.25) is 0 Å². The lowest BCUT2D eigenvalue weighted by Gasteiger charge is -2.26. The van der Waals surface area contributed by atoms with Gasteiger partial charge in [0.05, 0.1) is 12.2 Å². The predicted molar refractivity (Wildman–Crippen MR) is 72.3 cm³/mol. The van der Waals surface area contributed by atoms with E-state index in [1.165, 1.54) is 5.56 Å². The summed E-state index contributed by atoms with van der Waals surface area (Å²) < 4.78 is 2.98. The molecule has 2 heterocycles. The van der Waals surface area contributed by atoms with Crippen LogP contribution in [-0.4, -0.2) is 16.3 Å². The average molecular weight is 303 g/mol. The zero-order chi connectivity index (χ0) is 12.5. The molecule has 5 heteroatoms. The quantitative estimate of drug-likeness (QED) is 0.881. The fraction of sp³-hybridized carbons (Fsp3) is 0.231. The first-order valence-corrected chi connectivity index (χ1v) is 6.56. The first-order chi connectivity index (χ1) is 8.79. The molecule has 18 heavy (non-hydrogen) atoms. The number of aromatic nitrogens is 2. The van der Waals surface area contributed by atoms with Crippen molar-refractivity contribution < 1.29 is 0 Å². The molecule has 0 unspecified atom stereocenters. The SMILES string of the molecule is N#Cc1cnn2c1NCC[C@@H]2c1ccc(Br)cc1. The van der Waals surface area contributed by atoms with Crippen molar-refractivity contribution in [3.63, 3.8) is 0 Å². The summed E-state index contributed by atoms with van der Waals surface area (Å²) in [7, 11) is 0. The van der Waals surface area contributed by atoms with E-state index in [1.807, 2.05) is 16.8 Å². The van der Waals surface area contributed by atoms with E-state index in [2.05, 4.69) is 44.5 Å². The number of anilines is 1. The number of hydrogen-bond donors (Lipinski definition) is 1. The normalized spacial score (nSPS) is 17.7. The number of nitriles is 1. The van der Waals surface area contributed by atoms with Gasteiger partial charge >= 0.3 is 0 Å². The van der Waals surface area contributed by atoms with Crippen LogP contribution in [0, 0.1) is 11.3 Å². The number of rotatable bonds is 1. The molecule has 1 N–H and O–H groups in total. The van der Waals surface area contributed by atoms with Gasteiger partial charge in [0.2, 0.25) is 0 Å². The Morgan fingerprint density at radius 3 is 2.89 bits per heavy atom. The second-order valence-corrected chi connectivity index (χ2v) is 5.16. The number of halogens is 1. The fourth-order valence-electron chi connectivity index (χ4n) is 2.30. The molecule has 1 aromatic heterocycles. The molecule has 4 nitrogen and oxygen atoms in total. The highest BCUT2D eigenvalue weighted by molar-refractivity contribution is 9.10. The summed E-state index contributed by atoms with van der Waals surface area (Å²) >= 11 is 3.44. The van der Waals surface area contributed by atoms with Gasteiger partial charge in [-0.2, -0.15) is 10.4 Å². The minimum absolute atomic E-state index is 0.205. The smallest absolute Gasteiger partial charge is 0.143 e. The number of nitrogens with zero attached hydrogens (tertiary/aromatic N) is 3. The first kappa shape index (κ1) is 11.3. The standard InChI is InChI=1S/C13H11BrN4/c14-11-3-1-9(2-4-11)12-5-6-16-13-10(7-15)8-17-18(12)13/h1-4,8,12,16H,5-6H2/t12-/m1/s1. The van der Waals surface area contributed by atoms with E-state index in [0.717, 1.165) is 23.3 Å². The minimum Gasteiger partial charge on any atom is -0.369 e. The molecule has 1 aromatic carbocycles. The molecule has 0 bridgehead atoms. The van der Waals surface area contributed by atoms with E-state index in [-0.39, 0.29) is 6.04 Å². The van der Waals surface area contributed by atoms with E-state index < -0.39 is 0 Å². The lowest BCUT2D eigenvalue weighted by Crippen LogP contribution is -2.24. The Morgan fingerprint density at radius 2 is 2.17 bits per heavy atom. The second-order valence-electron chi connectivity index (χ2n) is 4.25. The van der Waals surface area contributed by atoms with Crippen LogP contribution < -0.4 is 5.32 Å². The van der Waals surface area contributed by atoms with Crippen LogP contribution in [0.3, 0.4) is 0 Å². The molecule has 0 spiro atoms. The third-order valence-electron chi connectivity index (χ3n) is 3.18. The molecule has 0 radical (unpaired) electrons. The molecule has 0 saturated carbocycles. The molecule has 1 atom stereocenters. The zero-order valence-electron chi connectivity index (χ0n) is 9.60. The highest BCUT2D eigenvalue weighted by Gasteiger charge is 2.24. The van der Waals surface area contributed by atoms with Gasteiger partial charge in [-0.3, -0.25) is 0 Å². The highest BCUT2D eigenvalue weighted by atomic mass is 79.9. The van der Waals surface area contributed by atoms with E-state index in [4.69, 9.17) is 5.26 Å². The number of hydrogen-bond acceptors (Lipinski definition) is 3. The van der Waals surface area contributed by atoms with Crippen molar-refractivity contribution in [2.75, 3.05) is 11.9 Å². The first-order valence-electron chi connectivity index (χ1n) is 5.76. The van der Waals surface area contributed by atoms with Crippen molar-refractivity contribution in [2.45, 2.75) is 12.5 Å². The Morgan fingerprint density at radius 1 is 1.39 bits per heavy atom. The van der Waals surface area contributed by atoms with Gasteiger partial charge in [0.1, 0.15) is 17.5 Å². The average Bonchev–Trinajstić information content (AvgIpc) is 2.82. The molecule has 1 aliphatic rings. The molecule has 2 aromatic rings. The van der Waals surface area contributed by atoms with Crippen molar-refractivity contribution >= 4 is 21.7 Å². The molecule has 3 rings (SSSR count). The number of nitrogens with one attached hydrogen (secondary N) is 1. The van der Waals surface area contributed by atoms with Crippen LogP contribution in [0.4, 0.5) is 5.82 Å². The van der Waals surface area contributed by atoms with Crippen LogP contribution in [0.1, 0.15) is 23.6 Å². The molecule has 0 amide bonds. The van der Waals surface area contributed by atoms with E-state index >= 15 is 0 Å². The minimum atomic E-state index is 0.205. The molecule has 0 saturated heterocycles. The summed E-state index contributed by atoms with van der Waals surface area (Å²) in [4.78, 5) is 0. The van der Waals surface area contributed by atoms with Crippen LogP contribution >= 0.6 is 15.9 Å². The van der Waals surface area contributed by atoms with Gasteiger partial charge in [-0.1, -0.05) is 28.1 Å². The predicted octanol–water partition coefficient (Wildman–Crippen LogP) is 2.92. The fourth-order valence-corrected chi connectivity index (χ4v) is 2.56. The molecule has 1 aliphatic heterocycles. The lowest BCUT2D eigenvalue weighted by atomic mass is 10.0. The summed E-state index contributed by atoms with van der Waals surface area (Å²) in [6, 6.07) is 10.6. The summed E-state index contributed by atoms with van der Waals surface area (Å²) in [5.74, 6) is 0.830. The number of fused-ring (bicyclic) bond motifs is 1. The summed E-state index contributed by atoms with van der Waals surface area (Å²) in [6.07, 6.45) is 2.60. The number of benzene rings is 1. The second kappa shape index (κ2) is 4.46. The monoisotopic (exact) mass is 302 g/mol. The molecule has 0 aliphatic carbocycles. The van der Waals surface area contributed by atoms with Gasteiger partial charge in [0.25, 0.3) is 0 Å². The third kappa shape index (κ3) is 1.79. The molecule has 90 valence electrons. The van der Waals surface area contributed by atoms with Crippen molar-refractivity contribution in [1.29, 1.82) is 5.26 Å². The van der Waals surface area contributed by atoms with Crippen LogP contribution in [0.5, 0.6) is 0 Å². The van der Waals surface area contributed by atoms with Gasteiger partial charge in [-0.15, -0.1) is 0 Å². The van der Waals surface area contributed by atoms with Crippen molar-refractivity contribution in [3.8, 4) is 6.07 Å².